The molecule has 0 unspecified atom stereocenters. The van der Waals surface area contributed by atoms with Crippen LogP contribution in [0.4, 0.5) is 17.1 Å². The Morgan fingerprint density at radius 3 is 2.19 bits per heavy atom. The molecule has 0 atom stereocenters. The van der Waals surface area contributed by atoms with Gasteiger partial charge in [0.25, 0.3) is 0 Å². The fourth-order valence-electron chi connectivity index (χ4n) is 2.75. The highest BCUT2D eigenvalue weighted by molar-refractivity contribution is 6.31. The molecule has 6 heteroatoms. The highest BCUT2D eigenvalue weighted by Crippen LogP contribution is 2.47. The van der Waals surface area contributed by atoms with Crippen molar-refractivity contribution >= 4 is 40.5 Å². The number of benzene rings is 2. The van der Waals surface area contributed by atoms with Crippen molar-refractivity contribution in [2.45, 2.75) is 19.8 Å². The highest BCUT2D eigenvalue weighted by Gasteiger charge is 2.56. The molecule has 3 rings (SSSR count). The second-order valence-corrected chi connectivity index (χ2v) is 7.33. The molecule has 2 amide bonds. The summed E-state index contributed by atoms with van der Waals surface area (Å²) < 4.78 is 0. The number of hydrogen-bond donors (Lipinski definition) is 2. The number of hydrogen-bond acceptors (Lipinski definition) is 3. The van der Waals surface area contributed by atoms with Crippen molar-refractivity contribution in [1.82, 2.24) is 0 Å². The summed E-state index contributed by atoms with van der Waals surface area (Å²) in [6, 6.07) is 12.8. The lowest BCUT2D eigenvalue weighted by Gasteiger charge is -2.17. The van der Waals surface area contributed by atoms with Crippen molar-refractivity contribution in [3.63, 3.8) is 0 Å². The van der Waals surface area contributed by atoms with Crippen LogP contribution in [0.3, 0.4) is 0 Å². The Hall–Kier alpha value is -2.53. The molecule has 1 aliphatic rings. The molecule has 0 aromatic heterocycles. The number of carbonyl (C=O) groups excluding carboxylic acids is 2. The van der Waals surface area contributed by atoms with Crippen molar-refractivity contribution in [2.75, 3.05) is 29.6 Å². The van der Waals surface area contributed by atoms with E-state index in [2.05, 4.69) is 10.6 Å². The zero-order valence-corrected chi connectivity index (χ0v) is 15.9. The minimum Gasteiger partial charge on any atom is -0.378 e. The summed E-state index contributed by atoms with van der Waals surface area (Å²) in [6.07, 6.45) is 1.08. The summed E-state index contributed by atoms with van der Waals surface area (Å²) in [4.78, 5) is 27.4. The lowest BCUT2D eigenvalue weighted by molar-refractivity contribution is -0.131. The van der Waals surface area contributed by atoms with Crippen LogP contribution >= 0.6 is 11.6 Å². The molecule has 5 nitrogen and oxygen atoms in total. The third-order valence-corrected chi connectivity index (χ3v) is 4.94. The number of nitrogens with zero attached hydrogens (tertiary/aromatic N) is 1. The summed E-state index contributed by atoms with van der Waals surface area (Å²) in [7, 11) is 3.91. The minimum atomic E-state index is -1.00. The Labute approximate surface area is 158 Å². The average molecular weight is 372 g/mol. The van der Waals surface area contributed by atoms with Crippen LogP contribution in [0.2, 0.25) is 5.02 Å². The molecule has 0 spiro atoms. The number of nitrogens with one attached hydrogen (secondary N) is 2. The van der Waals surface area contributed by atoms with Gasteiger partial charge in [0.2, 0.25) is 11.8 Å². The van der Waals surface area contributed by atoms with Gasteiger partial charge in [-0.15, -0.1) is 0 Å². The predicted octanol–water partition coefficient (Wildman–Crippen LogP) is 4.07. The maximum absolute atomic E-state index is 12.7. The Morgan fingerprint density at radius 2 is 1.62 bits per heavy atom. The van der Waals surface area contributed by atoms with E-state index in [9.17, 15) is 9.59 Å². The molecular formula is C20H22ClN3O2. The first-order valence-electron chi connectivity index (χ1n) is 8.48. The molecule has 0 aliphatic heterocycles. The molecule has 0 radical (unpaired) electrons. The van der Waals surface area contributed by atoms with E-state index in [1.165, 1.54) is 0 Å². The van der Waals surface area contributed by atoms with Gasteiger partial charge in [-0.1, -0.05) is 17.7 Å². The van der Waals surface area contributed by atoms with Crippen molar-refractivity contribution in [3.8, 4) is 0 Å². The molecule has 1 fully saturated rings. The normalized spacial score (nSPS) is 14.5. The van der Waals surface area contributed by atoms with E-state index in [0.717, 1.165) is 11.3 Å². The van der Waals surface area contributed by atoms with Gasteiger partial charge in [0.05, 0.1) is 0 Å². The largest absolute Gasteiger partial charge is 0.378 e. The number of amides is 2. The van der Waals surface area contributed by atoms with Crippen LogP contribution in [0.1, 0.15) is 18.4 Å². The van der Waals surface area contributed by atoms with Gasteiger partial charge in [0.1, 0.15) is 5.41 Å². The molecule has 0 bridgehead atoms. The van der Waals surface area contributed by atoms with E-state index in [1.54, 1.807) is 12.1 Å². The Kier molecular flexibility index (Phi) is 4.92. The smallest absolute Gasteiger partial charge is 0.240 e. The van der Waals surface area contributed by atoms with E-state index in [1.807, 2.05) is 56.3 Å². The highest BCUT2D eigenvalue weighted by atomic mass is 35.5. The number of carbonyl (C=O) groups is 2. The number of aryl methyl sites for hydroxylation is 1. The molecule has 1 aliphatic carbocycles. The zero-order chi connectivity index (χ0) is 18.9. The van der Waals surface area contributed by atoms with Gasteiger partial charge >= 0.3 is 0 Å². The Balaban J connectivity index is 1.70. The molecule has 0 heterocycles. The second-order valence-electron chi connectivity index (χ2n) is 6.89. The summed E-state index contributed by atoms with van der Waals surface area (Å²) in [6.45, 7) is 1.89. The summed E-state index contributed by atoms with van der Waals surface area (Å²) >= 11 is 6.00. The van der Waals surface area contributed by atoms with Crippen LogP contribution < -0.4 is 15.5 Å². The number of anilines is 3. The minimum absolute atomic E-state index is 0.271. The van der Waals surface area contributed by atoms with Crippen LogP contribution in [0.5, 0.6) is 0 Å². The van der Waals surface area contributed by atoms with Gasteiger partial charge in [0, 0.05) is 36.2 Å². The fraction of sp³-hybridized carbons (Fsp3) is 0.300. The van der Waals surface area contributed by atoms with Gasteiger partial charge in [-0.2, -0.15) is 0 Å². The van der Waals surface area contributed by atoms with Crippen LogP contribution in [0.25, 0.3) is 0 Å². The van der Waals surface area contributed by atoms with E-state index in [-0.39, 0.29) is 11.8 Å². The predicted molar refractivity (Wildman–Crippen MR) is 106 cm³/mol. The fourth-order valence-corrected chi connectivity index (χ4v) is 2.92. The lowest BCUT2D eigenvalue weighted by atomic mass is 10.0. The maximum Gasteiger partial charge on any atom is 0.240 e. The zero-order valence-electron chi connectivity index (χ0n) is 15.1. The van der Waals surface area contributed by atoms with Crippen molar-refractivity contribution in [3.05, 3.63) is 53.1 Å². The van der Waals surface area contributed by atoms with E-state index >= 15 is 0 Å². The van der Waals surface area contributed by atoms with Gasteiger partial charge in [-0.25, -0.2) is 0 Å². The first kappa shape index (κ1) is 18.3. The van der Waals surface area contributed by atoms with Crippen LogP contribution in [0.15, 0.2) is 42.5 Å². The van der Waals surface area contributed by atoms with Crippen LogP contribution in [-0.2, 0) is 9.59 Å². The lowest BCUT2D eigenvalue weighted by Crippen LogP contribution is -2.35. The standard InChI is InChI=1S/C20H22ClN3O2/c1-13-4-5-14(21)12-17(13)23-19(26)20(10-11-20)18(25)22-15-6-8-16(9-7-15)24(2)3/h4-9,12H,10-11H2,1-3H3,(H,22,25)(H,23,26). The van der Waals surface area contributed by atoms with Crippen LogP contribution in [0, 0.1) is 12.3 Å². The summed E-state index contributed by atoms with van der Waals surface area (Å²) in [5.41, 5.74) is 2.25. The van der Waals surface area contributed by atoms with E-state index in [4.69, 9.17) is 11.6 Å². The molecule has 1 saturated carbocycles. The molecule has 26 heavy (non-hydrogen) atoms. The molecular weight excluding hydrogens is 350 g/mol. The van der Waals surface area contributed by atoms with Gasteiger partial charge < -0.3 is 15.5 Å². The molecule has 2 aromatic carbocycles. The third-order valence-electron chi connectivity index (χ3n) is 4.71. The van der Waals surface area contributed by atoms with Crippen molar-refractivity contribution in [2.24, 2.45) is 5.41 Å². The molecule has 136 valence electrons. The third kappa shape index (κ3) is 3.68. The second kappa shape index (κ2) is 7.00. The summed E-state index contributed by atoms with van der Waals surface area (Å²) in [5, 5.41) is 6.26. The number of rotatable bonds is 5. The summed E-state index contributed by atoms with van der Waals surface area (Å²) in [5.74, 6) is -0.558. The molecule has 0 saturated heterocycles. The molecule has 2 aromatic rings. The monoisotopic (exact) mass is 371 g/mol. The Morgan fingerprint density at radius 1 is 1.00 bits per heavy atom. The van der Waals surface area contributed by atoms with Crippen molar-refractivity contribution in [1.29, 1.82) is 0 Å². The SMILES string of the molecule is Cc1ccc(Cl)cc1NC(=O)C1(C(=O)Nc2ccc(N(C)C)cc2)CC1. The topological polar surface area (TPSA) is 61.4 Å². The van der Waals surface area contributed by atoms with Crippen LogP contribution in [-0.4, -0.2) is 25.9 Å². The first-order chi connectivity index (χ1) is 12.3. The first-order valence-corrected chi connectivity index (χ1v) is 8.86. The maximum atomic E-state index is 12.7. The van der Waals surface area contributed by atoms with Gasteiger partial charge in [-0.05, 0) is 61.7 Å². The average Bonchev–Trinajstić information content (AvgIpc) is 3.40. The quantitative estimate of drug-likeness (QED) is 0.779. The van der Waals surface area contributed by atoms with Crippen molar-refractivity contribution < 1.29 is 9.59 Å². The Bertz CT molecular complexity index is 843. The van der Waals surface area contributed by atoms with E-state index in [0.29, 0.717) is 29.2 Å². The van der Waals surface area contributed by atoms with Gasteiger partial charge in [0.15, 0.2) is 0 Å². The van der Waals surface area contributed by atoms with Gasteiger partial charge in [-0.3, -0.25) is 9.59 Å². The number of halogens is 1. The van der Waals surface area contributed by atoms with E-state index < -0.39 is 5.41 Å². The molecule has 2 N–H and O–H groups in total.